The van der Waals surface area contributed by atoms with E-state index in [2.05, 4.69) is 74.9 Å². The minimum absolute atomic E-state index is 0.505. The summed E-state index contributed by atoms with van der Waals surface area (Å²) >= 11 is 0. The zero-order chi connectivity index (χ0) is 19.0. The summed E-state index contributed by atoms with van der Waals surface area (Å²) in [6.45, 7) is 12.0. The Hall–Kier alpha value is -1.50. The van der Waals surface area contributed by atoms with Gasteiger partial charge in [-0.15, -0.1) is 0 Å². The van der Waals surface area contributed by atoms with Crippen molar-refractivity contribution < 1.29 is 0 Å². The van der Waals surface area contributed by atoms with Crippen molar-refractivity contribution in [1.82, 2.24) is 4.90 Å². The van der Waals surface area contributed by atoms with Gasteiger partial charge in [0.25, 0.3) is 0 Å². The first-order valence-corrected chi connectivity index (χ1v) is 10.9. The molecule has 0 saturated heterocycles. The predicted octanol–water partition coefficient (Wildman–Crippen LogP) is 7.32. The monoisotopic (exact) mass is 355 g/mol. The van der Waals surface area contributed by atoms with Crippen molar-refractivity contribution in [3.05, 3.63) is 60.3 Å². The Bertz CT molecular complexity index is 503. The number of allylic oxidation sites excluding steroid dienone is 1. The van der Waals surface area contributed by atoms with Gasteiger partial charge in [-0.25, -0.2) is 0 Å². The van der Waals surface area contributed by atoms with Crippen LogP contribution in [0.3, 0.4) is 0 Å². The van der Waals surface area contributed by atoms with Gasteiger partial charge in [-0.3, -0.25) is 0 Å². The van der Waals surface area contributed by atoms with E-state index in [-0.39, 0.29) is 0 Å². The van der Waals surface area contributed by atoms with Crippen molar-refractivity contribution in [2.45, 2.75) is 91.0 Å². The Morgan fingerprint density at radius 1 is 1.00 bits per heavy atom. The van der Waals surface area contributed by atoms with Gasteiger partial charge in [-0.2, -0.15) is 0 Å². The van der Waals surface area contributed by atoms with Gasteiger partial charge in [0, 0.05) is 12.6 Å². The second-order valence-electron chi connectivity index (χ2n) is 7.33. The fourth-order valence-corrected chi connectivity index (χ4v) is 3.47. The summed E-state index contributed by atoms with van der Waals surface area (Å²) in [5.74, 6) is 0. The van der Waals surface area contributed by atoms with Crippen LogP contribution in [0.5, 0.6) is 0 Å². The van der Waals surface area contributed by atoms with E-state index in [1.165, 1.54) is 56.1 Å². The van der Waals surface area contributed by atoms with Crippen LogP contribution in [-0.2, 0) is 12.8 Å². The Morgan fingerprint density at radius 3 is 2.46 bits per heavy atom. The minimum atomic E-state index is 0.505. The van der Waals surface area contributed by atoms with E-state index in [0.717, 1.165) is 25.8 Å². The molecule has 1 heteroatoms. The molecule has 0 heterocycles. The molecule has 0 bridgehead atoms. The Labute approximate surface area is 163 Å². The molecular formula is C25H41N. The second-order valence-corrected chi connectivity index (χ2v) is 7.33. The van der Waals surface area contributed by atoms with Crippen LogP contribution < -0.4 is 0 Å². The number of aryl methyl sites for hydroxylation is 2. The number of hydrogen-bond donors (Lipinski definition) is 0. The minimum Gasteiger partial charge on any atom is -0.372 e. The van der Waals surface area contributed by atoms with Gasteiger partial charge < -0.3 is 4.90 Å². The lowest BCUT2D eigenvalue weighted by atomic mass is 10.0. The van der Waals surface area contributed by atoms with E-state index in [1.807, 2.05) is 0 Å². The van der Waals surface area contributed by atoms with Gasteiger partial charge in [0.1, 0.15) is 0 Å². The molecule has 1 aromatic carbocycles. The van der Waals surface area contributed by atoms with Gasteiger partial charge in [0.05, 0.1) is 0 Å². The molecule has 1 aromatic rings. The first kappa shape index (κ1) is 22.5. The van der Waals surface area contributed by atoms with Crippen LogP contribution in [0.1, 0.15) is 83.3 Å². The molecule has 0 aliphatic rings. The maximum atomic E-state index is 4.07. The Balaban J connectivity index is 2.47. The standard InChI is InChI=1S/C25H41N/c1-5-9-10-11-14-21-26(8-4)25(16-6-2)20-13-12-17-24-19-15-18-23(7-3)22-24/h8,13,15,18-20,22,25H,4-7,9-12,14,16-17,21H2,1-3H3/b20-13+. The lowest BCUT2D eigenvalue weighted by Crippen LogP contribution is -2.29. The van der Waals surface area contributed by atoms with Crippen molar-refractivity contribution in [2.75, 3.05) is 6.54 Å². The number of nitrogens with zero attached hydrogens (tertiary/aromatic N) is 1. The molecule has 146 valence electrons. The quantitative estimate of drug-likeness (QED) is 0.235. The first-order valence-electron chi connectivity index (χ1n) is 10.9. The number of hydrogen-bond acceptors (Lipinski definition) is 1. The lowest BCUT2D eigenvalue weighted by Gasteiger charge is -2.28. The molecule has 26 heavy (non-hydrogen) atoms. The highest BCUT2D eigenvalue weighted by atomic mass is 15.1. The fourth-order valence-electron chi connectivity index (χ4n) is 3.47. The van der Waals surface area contributed by atoms with Gasteiger partial charge in [-0.05, 0) is 49.4 Å². The van der Waals surface area contributed by atoms with Gasteiger partial charge in [-0.1, -0.05) is 95.9 Å². The first-order chi connectivity index (χ1) is 12.7. The summed E-state index contributed by atoms with van der Waals surface area (Å²) in [6.07, 6.45) is 19.3. The number of benzene rings is 1. The highest BCUT2D eigenvalue weighted by Crippen LogP contribution is 2.14. The van der Waals surface area contributed by atoms with Crippen LogP contribution in [0.15, 0.2) is 49.2 Å². The van der Waals surface area contributed by atoms with Gasteiger partial charge in [0.2, 0.25) is 0 Å². The summed E-state index contributed by atoms with van der Waals surface area (Å²) in [5, 5.41) is 0. The molecule has 1 unspecified atom stereocenters. The normalized spacial score (nSPS) is 12.4. The summed E-state index contributed by atoms with van der Waals surface area (Å²) in [6, 6.07) is 9.52. The van der Waals surface area contributed by atoms with Crippen LogP contribution in [0.25, 0.3) is 0 Å². The second kappa shape index (κ2) is 14.6. The molecule has 0 radical (unpaired) electrons. The molecule has 0 aromatic heterocycles. The van der Waals surface area contributed by atoms with E-state index in [4.69, 9.17) is 0 Å². The summed E-state index contributed by atoms with van der Waals surface area (Å²) < 4.78 is 0. The molecule has 1 nitrogen and oxygen atoms in total. The zero-order valence-electron chi connectivity index (χ0n) is 17.6. The molecule has 0 amide bonds. The van der Waals surface area contributed by atoms with E-state index in [9.17, 15) is 0 Å². The van der Waals surface area contributed by atoms with Gasteiger partial charge in [0.15, 0.2) is 0 Å². The van der Waals surface area contributed by atoms with Crippen LogP contribution in [-0.4, -0.2) is 17.5 Å². The smallest absolute Gasteiger partial charge is 0.0467 e. The van der Waals surface area contributed by atoms with E-state index in [1.54, 1.807) is 0 Å². The topological polar surface area (TPSA) is 3.24 Å². The molecule has 1 atom stereocenters. The van der Waals surface area contributed by atoms with Crippen molar-refractivity contribution in [1.29, 1.82) is 0 Å². The average molecular weight is 356 g/mol. The van der Waals surface area contributed by atoms with Crippen molar-refractivity contribution in [2.24, 2.45) is 0 Å². The molecule has 0 saturated carbocycles. The highest BCUT2D eigenvalue weighted by molar-refractivity contribution is 5.23. The molecular weight excluding hydrogens is 314 g/mol. The highest BCUT2D eigenvalue weighted by Gasteiger charge is 2.10. The van der Waals surface area contributed by atoms with Crippen LogP contribution in [0.2, 0.25) is 0 Å². The summed E-state index contributed by atoms with van der Waals surface area (Å²) in [5.41, 5.74) is 2.90. The van der Waals surface area contributed by atoms with E-state index < -0.39 is 0 Å². The molecule has 0 aliphatic heterocycles. The maximum Gasteiger partial charge on any atom is 0.0467 e. The number of rotatable bonds is 15. The SMILES string of the molecule is C=CN(CCCCCCC)C(/C=C/CCc1cccc(CC)c1)CCC. The third-order valence-corrected chi connectivity index (χ3v) is 5.12. The van der Waals surface area contributed by atoms with Crippen LogP contribution >= 0.6 is 0 Å². The van der Waals surface area contributed by atoms with E-state index >= 15 is 0 Å². The van der Waals surface area contributed by atoms with Crippen molar-refractivity contribution >= 4 is 0 Å². The summed E-state index contributed by atoms with van der Waals surface area (Å²) in [7, 11) is 0. The fraction of sp³-hybridized carbons (Fsp3) is 0.600. The molecule has 0 fully saturated rings. The van der Waals surface area contributed by atoms with Crippen molar-refractivity contribution in [3.63, 3.8) is 0 Å². The molecule has 0 aliphatic carbocycles. The predicted molar refractivity (Wildman–Crippen MR) is 118 cm³/mol. The van der Waals surface area contributed by atoms with E-state index in [0.29, 0.717) is 6.04 Å². The zero-order valence-corrected chi connectivity index (χ0v) is 17.6. The molecule has 0 N–H and O–H groups in total. The third kappa shape index (κ3) is 9.27. The average Bonchev–Trinajstić information content (AvgIpc) is 2.67. The van der Waals surface area contributed by atoms with Crippen LogP contribution in [0, 0.1) is 0 Å². The van der Waals surface area contributed by atoms with Gasteiger partial charge >= 0.3 is 0 Å². The largest absolute Gasteiger partial charge is 0.372 e. The molecule has 1 rings (SSSR count). The van der Waals surface area contributed by atoms with Crippen molar-refractivity contribution in [3.8, 4) is 0 Å². The van der Waals surface area contributed by atoms with Crippen LogP contribution in [0.4, 0.5) is 0 Å². The third-order valence-electron chi connectivity index (χ3n) is 5.12. The Kier molecular flexibility index (Phi) is 12.7. The number of unbranched alkanes of at least 4 members (excludes halogenated alkanes) is 4. The Morgan fingerprint density at radius 2 is 1.77 bits per heavy atom. The lowest BCUT2D eigenvalue weighted by molar-refractivity contribution is 0.296. The molecule has 0 spiro atoms. The maximum absolute atomic E-state index is 4.07. The summed E-state index contributed by atoms with van der Waals surface area (Å²) in [4.78, 5) is 2.45.